The molecule has 2 aliphatic heterocycles. The van der Waals surface area contributed by atoms with Gasteiger partial charge in [-0.1, -0.05) is 42.5 Å². The average Bonchev–Trinajstić information content (AvgIpc) is 3.28. The summed E-state index contributed by atoms with van der Waals surface area (Å²) in [5.41, 5.74) is -0.0409. The van der Waals surface area contributed by atoms with E-state index in [2.05, 4.69) is 10.6 Å². The molecule has 5 rings (SSSR count). The van der Waals surface area contributed by atoms with Crippen LogP contribution in [0.15, 0.2) is 66.7 Å². The summed E-state index contributed by atoms with van der Waals surface area (Å²) in [6, 6.07) is 14.2. The standard InChI is InChI=1S/C25H17F4N3O3/c26-19-10-5-16-12-32(21(33)20(16)11-19)13-24(22(34)30-23(35)31-24)17-6-1-14(2-7-17)15-3-8-18(9-4-15)25(27,28)29/h1-11H,12-13H2,(H2,30,31,34,35)/t24-/m1/s1. The molecule has 6 nitrogen and oxygen atoms in total. The molecule has 0 bridgehead atoms. The number of hydrogen-bond donors (Lipinski definition) is 2. The lowest BCUT2D eigenvalue weighted by molar-refractivity contribution is -0.137. The van der Waals surface area contributed by atoms with Crippen LogP contribution in [0.3, 0.4) is 0 Å². The van der Waals surface area contributed by atoms with E-state index in [1.807, 2.05) is 0 Å². The lowest BCUT2D eigenvalue weighted by Crippen LogP contribution is -2.52. The van der Waals surface area contributed by atoms with E-state index < -0.39 is 40.9 Å². The summed E-state index contributed by atoms with van der Waals surface area (Å²) >= 11 is 0. The smallest absolute Gasteiger partial charge is 0.331 e. The highest BCUT2D eigenvalue weighted by Crippen LogP contribution is 2.34. The third kappa shape index (κ3) is 3.90. The van der Waals surface area contributed by atoms with E-state index >= 15 is 0 Å². The molecular formula is C25H17F4N3O3. The van der Waals surface area contributed by atoms with Gasteiger partial charge in [-0.25, -0.2) is 9.18 Å². The van der Waals surface area contributed by atoms with Gasteiger partial charge in [0, 0.05) is 12.1 Å². The van der Waals surface area contributed by atoms with Crippen LogP contribution in [0.2, 0.25) is 0 Å². The van der Waals surface area contributed by atoms with Crippen molar-refractivity contribution in [2.45, 2.75) is 18.3 Å². The largest absolute Gasteiger partial charge is 0.416 e. The van der Waals surface area contributed by atoms with Crippen molar-refractivity contribution in [2.24, 2.45) is 0 Å². The van der Waals surface area contributed by atoms with Crippen molar-refractivity contribution >= 4 is 17.8 Å². The van der Waals surface area contributed by atoms with Gasteiger partial charge in [-0.15, -0.1) is 0 Å². The molecule has 4 amide bonds. The van der Waals surface area contributed by atoms with Gasteiger partial charge in [0.2, 0.25) is 0 Å². The molecule has 3 aromatic rings. The van der Waals surface area contributed by atoms with Crippen molar-refractivity contribution in [1.29, 1.82) is 0 Å². The minimum atomic E-state index is -4.44. The van der Waals surface area contributed by atoms with Crippen molar-refractivity contribution in [3.05, 3.63) is 94.8 Å². The third-order valence-corrected chi connectivity index (χ3v) is 6.24. The van der Waals surface area contributed by atoms with Gasteiger partial charge in [0.1, 0.15) is 5.82 Å². The fourth-order valence-corrected chi connectivity index (χ4v) is 4.44. The third-order valence-electron chi connectivity index (χ3n) is 6.24. The van der Waals surface area contributed by atoms with Crippen molar-refractivity contribution < 1.29 is 31.9 Å². The number of rotatable bonds is 4. The first-order chi connectivity index (χ1) is 16.6. The van der Waals surface area contributed by atoms with Gasteiger partial charge in [-0.2, -0.15) is 13.2 Å². The second-order valence-corrected chi connectivity index (χ2v) is 8.43. The second-order valence-electron chi connectivity index (χ2n) is 8.43. The first kappa shape index (κ1) is 22.6. The second kappa shape index (κ2) is 7.93. The minimum absolute atomic E-state index is 0.142. The van der Waals surface area contributed by atoms with Gasteiger partial charge >= 0.3 is 12.2 Å². The zero-order valence-electron chi connectivity index (χ0n) is 17.9. The fraction of sp³-hybridized carbons (Fsp3) is 0.160. The molecular weight excluding hydrogens is 466 g/mol. The number of fused-ring (bicyclic) bond motifs is 1. The molecule has 1 atom stereocenters. The monoisotopic (exact) mass is 483 g/mol. The summed E-state index contributed by atoms with van der Waals surface area (Å²) in [5.74, 6) is -1.67. The number of amides is 4. The predicted molar refractivity (Wildman–Crippen MR) is 116 cm³/mol. The molecule has 2 N–H and O–H groups in total. The number of urea groups is 1. The Morgan fingerprint density at radius 3 is 2.09 bits per heavy atom. The number of hydrogen-bond acceptors (Lipinski definition) is 3. The molecule has 0 aromatic heterocycles. The molecule has 178 valence electrons. The zero-order valence-corrected chi connectivity index (χ0v) is 17.9. The molecule has 10 heteroatoms. The average molecular weight is 483 g/mol. The molecule has 1 fully saturated rings. The highest BCUT2D eigenvalue weighted by Gasteiger charge is 2.50. The maximum atomic E-state index is 13.6. The number of nitrogens with zero attached hydrogens (tertiary/aromatic N) is 1. The number of imide groups is 1. The van der Waals surface area contributed by atoms with E-state index in [-0.39, 0.29) is 18.7 Å². The Kier molecular flexibility index (Phi) is 5.12. The van der Waals surface area contributed by atoms with Crippen LogP contribution >= 0.6 is 0 Å². The Hall–Kier alpha value is -4.21. The van der Waals surface area contributed by atoms with Crippen LogP contribution in [0.1, 0.15) is 27.0 Å². The Bertz CT molecular complexity index is 1350. The minimum Gasteiger partial charge on any atom is -0.331 e. The maximum absolute atomic E-state index is 13.6. The van der Waals surface area contributed by atoms with Crippen LogP contribution in [0.5, 0.6) is 0 Å². The summed E-state index contributed by atoms with van der Waals surface area (Å²) < 4.78 is 52.2. The summed E-state index contributed by atoms with van der Waals surface area (Å²) in [6.45, 7) is -0.0533. The van der Waals surface area contributed by atoms with Gasteiger partial charge in [-0.05, 0) is 46.5 Å². The summed E-state index contributed by atoms with van der Waals surface area (Å²) in [6.07, 6.45) is -4.44. The van der Waals surface area contributed by atoms with Crippen molar-refractivity contribution in [1.82, 2.24) is 15.5 Å². The lowest BCUT2D eigenvalue weighted by Gasteiger charge is -2.31. The number of nitrogens with one attached hydrogen (secondary N) is 2. The van der Waals surface area contributed by atoms with E-state index in [0.717, 1.165) is 18.2 Å². The van der Waals surface area contributed by atoms with E-state index in [9.17, 15) is 31.9 Å². The van der Waals surface area contributed by atoms with Crippen molar-refractivity contribution in [3.8, 4) is 11.1 Å². The molecule has 0 unspecified atom stereocenters. The summed E-state index contributed by atoms with van der Waals surface area (Å²) in [4.78, 5) is 39.2. The maximum Gasteiger partial charge on any atom is 0.416 e. The fourth-order valence-electron chi connectivity index (χ4n) is 4.44. The van der Waals surface area contributed by atoms with Crippen LogP contribution in [0.25, 0.3) is 11.1 Å². The van der Waals surface area contributed by atoms with Gasteiger partial charge in [0.15, 0.2) is 5.54 Å². The van der Waals surface area contributed by atoms with Crippen LogP contribution in [-0.2, 0) is 23.1 Å². The first-order valence-electron chi connectivity index (χ1n) is 10.6. The first-order valence-corrected chi connectivity index (χ1v) is 10.6. The zero-order chi connectivity index (χ0) is 25.0. The SMILES string of the molecule is O=C1NC(=O)[C@@](CN2Cc3ccc(F)cc3C2=O)(c2ccc(-c3ccc(C(F)(F)F)cc3)cc2)N1. The number of carbonyl (C=O) groups excluding carboxylic acids is 3. The summed E-state index contributed by atoms with van der Waals surface area (Å²) in [7, 11) is 0. The molecule has 0 spiro atoms. The number of benzene rings is 3. The van der Waals surface area contributed by atoms with E-state index in [0.29, 0.717) is 22.3 Å². The molecule has 0 saturated carbocycles. The van der Waals surface area contributed by atoms with Crippen molar-refractivity contribution in [3.63, 3.8) is 0 Å². The van der Waals surface area contributed by atoms with Gasteiger partial charge < -0.3 is 10.2 Å². The van der Waals surface area contributed by atoms with Gasteiger partial charge in [0.05, 0.1) is 12.1 Å². The summed E-state index contributed by atoms with van der Waals surface area (Å²) in [5, 5.41) is 4.81. The van der Waals surface area contributed by atoms with Crippen LogP contribution < -0.4 is 10.6 Å². The highest BCUT2D eigenvalue weighted by atomic mass is 19.4. The normalized spacial score (nSPS) is 19.5. The number of halogens is 4. The van der Waals surface area contributed by atoms with Crippen molar-refractivity contribution in [2.75, 3.05) is 6.54 Å². The topological polar surface area (TPSA) is 78.5 Å². The molecule has 1 saturated heterocycles. The molecule has 35 heavy (non-hydrogen) atoms. The Labute approximate surface area is 196 Å². The van der Waals surface area contributed by atoms with Gasteiger partial charge in [0.25, 0.3) is 11.8 Å². The van der Waals surface area contributed by atoms with Crippen LogP contribution in [0, 0.1) is 5.82 Å². The van der Waals surface area contributed by atoms with E-state index in [1.165, 1.54) is 29.2 Å². The number of alkyl halides is 3. The van der Waals surface area contributed by atoms with E-state index in [4.69, 9.17) is 0 Å². The molecule has 2 aliphatic rings. The molecule has 3 aromatic carbocycles. The number of carbonyl (C=O) groups is 3. The molecule has 0 radical (unpaired) electrons. The molecule has 0 aliphatic carbocycles. The Morgan fingerprint density at radius 1 is 0.886 bits per heavy atom. The van der Waals surface area contributed by atoms with Crippen LogP contribution in [0.4, 0.5) is 22.4 Å². The Balaban J connectivity index is 1.45. The quantitative estimate of drug-likeness (QED) is 0.431. The predicted octanol–water partition coefficient (Wildman–Crippen LogP) is 4.20. The highest BCUT2D eigenvalue weighted by molar-refractivity contribution is 6.08. The lowest BCUT2D eigenvalue weighted by atomic mass is 9.88. The van der Waals surface area contributed by atoms with E-state index in [1.54, 1.807) is 24.3 Å². The van der Waals surface area contributed by atoms with Crippen LogP contribution in [-0.4, -0.2) is 29.3 Å². The molecule has 2 heterocycles. The van der Waals surface area contributed by atoms with Gasteiger partial charge in [-0.3, -0.25) is 14.9 Å². The Morgan fingerprint density at radius 2 is 1.51 bits per heavy atom.